The van der Waals surface area contributed by atoms with Crippen molar-refractivity contribution in [2.24, 2.45) is 0 Å². The first-order chi connectivity index (χ1) is 8.70. The molecule has 0 aromatic heterocycles. The number of hydrogen-bond donors (Lipinski definition) is 2. The van der Waals surface area contributed by atoms with E-state index in [1.165, 1.54) is 11.1 Å². The molecule has 1 aliphatic heterocycles. The molecule has 2 rings (SSSR count). The topological polar surface area (TPSA) is 50.4 Å². The zero-order valence-electron chi connectivity index (χ0n) is 11.4. The van der Waals surface area contributed by atoms with Gasteiger partial charge in [0.25, 0.3) is 0 Å². The molecule has 0 radical (unpaired) electrons. The van der Waals surface area contributed by atoms with Gasteiger partial charge in [0.2, 0.25) is 5.91 Å². The van der Waals surface area contributed by atoms with Gasteiger partial charge < -0.3 is 15.4 Å². The summed E-state index contributed by atoms with van der Waals surface area (Å²) in [5.41, 5.74) is 3.82. The summed E-state index contributed by atoms with van der Waals surface area (Å²) in [5, 5.41) is 6.20. The summed E-state index contributed by atoms with van der Waals surface area (Å²) in [4.78, 5) is 11.7. The van der Waals surface area contributed by atoms with Crippen LogP contribution in [-0.4, -0.2) is 18.6 Å². The van der Waals surface area contributed by atoms with Crippen LogP contribution >= 0.6 is 12.4 Å². The number of carbonyl (C=O) groups is 1. The quantitative estimate of drug-likeness (QED) is 0.866. The van der Waals surface area contributed by atoms with E-state index in [0.29, 0.717) is 13.2 Å². The Hall–Kier alpha value is -1.10. The highest BCUT2D eigenvalue weighted by Crippen LogP contribution is 2.16. The maximum absolute atomic E-state index is 11.7. The van der Waals surface area contributed by atoms with Gasteiger partial charge in [-0.25, -0.2) is 0 Å². The van der Waals surface area contributed by atoms with E-state index in [1.54, 1.807) is 6.92 Å². The van der Waals surface area contributed by atoms with E-state index in [1.807, 2.05) is 6.92 Å². The lowest BCUT2D eigenvalue weighted by Gasteiger charge is -2.12. The fourth-order valence-corrected chi connectivity index (χ4v) is 2.12. The maximum atomic E-state index is 11.7. The molecule has 1 aliphatic rings. The van der Waals surface area contributed by atoms with E-state index in [0.717, 1.165) is 18.7 Å². The van der Waals surface area contributed by atoms with Crippen molar-refractivity contribution < 1.29 is 9.53 Å². The molecule has 4 nitrogen and oxygen atoms in total. The lowest BCUT2D eigenvalue weighted by Crippen LogP contribution is -2.34. The van der Waals surface area contributed by atoms with Crippen molar-refractivity contribution in [3.05, 3.63) is 34.9 Å². The van der Waals surface area contributed by atoms with E-state index < -0.39 is 0 Å². The third kappa shape index (κ3) is 4.20. The first kappa shape index (κ1) is 16.0. The largest absolute Gasteiger partial charge is 0.369 e. The monoisotopic (exact) mass is 284 g/mol. The Morgan fingerprint density at radius 1 is 1.42 bits per heavy atom. The average molecular weight is 285 g/mol. The molecule has 106 valence electrons. The molecular weight excluding hydrogens is 264 g/mol. The van der Waals surface area contributed by atoms with Crippen LogP contribution in [0.5, 0.6) is 0 Å². The van der Waals surface area contributed by atoms with Gasteiger partial charge >= 0.3 is 0 Å². The van der Waals surface area contributed by atoms with Gasteiger partial charge in [-0.2, -0.15) is 0 Å². The molecule has 1 aromatic rings. The van der Waals surface area contributed by atoms with Crippen molar-refractivity contribution in [3.63, 3.8) is 0 Å². The Labute approximate surface area is 120 Å². The van der Waals surface area contributed by atoms with Crippen LogP contribution in [0, 0.1) is 0 Å². The van der Waals surface area contributed by atoms with Gasteiger partial charge in [0.15, 0.2) is 0 Å². The lowest BCUT2D eigenvalue weighted by molar-refractivity contribution is -0.131. The van der Waals surface area contributed by atoms with Gasteiger partial charge in [-0.05, 0) is 30.5 Å². The van der Waals surface area contributed by atoms with Gasteiger partial charge in [0.1, 0.15) is 6.10 Å². The SMILES string of the molecule is CCOC(C)C(=O)NCc1ccc2c(c1)CNC2.Cl. The fourth-order valence-electron chi connectivity index (χ4n) is 2.12. The maximum Gasteiger partial charge on any atom is 0.249 e. The van der Waals surface area contributed by atoms with Crippen molar-refractivity contribution in [3.8, 4) is 0 Å². The van der Waals surface area contributed by atoms with Gasteiger partial charge in [0.05, 0.1) is 0 Å². The molecule has 1 heterocycles. The molecule has 0 saturated carbocycles. The van der Waals surface area contributed by atoms with Gasteiger partial charge in [-0.15, -0.1) is 12.4 Å². The van der Waals surface area contributed by atoms with Crippen LogP contribution in [0.4, 0.5) is 0 Å². The van der Waals surface area contributed by atoms with Crippen molar-refractivity contribution in [2.45, 2.75) is 39.6 Å². The minimum absolute atomic E-state index is 0. The van der Waals surface area contributed by atoms with E-state index in [2.05, 4.69) is 28.8 Å². The average Bonchev–Trinajstić information content (AvgIpc) is 2.83. The molecule has 0 bridgehead atoms. The summed E-state index contributed by atoms with van der Waals surface area (Å²) in [7, 11) is 0. The second-order valence-corrected chi connectivity index (χ2v) is 4.52. The first-order valence-electron chi connectivity index (χ1n) is 6.41. The highest BCUT2D eigenvalue weighted by molar-refractivity contribution is 5.85. The van der Waals surface area contributed by atoms with Crippen LogP contribution in [0.1, 0.15) is 30.5 Å². The van der Waals surface area contributed by atoms with Crippen molar-refractivity contribution in [1.29, 1.82) is 0 Å². The van der Waals surface area contributed by atoms with Crippen LogP contribution < -0.4 is 10.6 Å². The van der Waals surface area contributed by atoms with Gasteiger partial charge in [-0.3, -0.25) is 4.79 Å². The number of fused-ring (bicyclic) bond motifs is 1. The van der Waals surface area contributed by atoms with Crippen molar-refractivity contribution in [1.82, 2.24) is 10.6 Å². The summed E-state index contributed by atoms with van der Waals surface area (Å²) in [5.74, 6) is -0.0597. The van der Waals surface area contributed by atoms with Crippen molar-refractivity contribution in [2.75, 3.05) is 6.61 Å². The number of nitrogens with one attached hydrogen (secondary N) is 2. The number of benzene rings is 1. The van der Waals surface area contributed by atoms with Crippen molar-refractivity contribution >= 4 is 18.3 Å². The minimum Gasteiger partial charge on any atom is -0.369 e. The van der Waals surface area contributed by atoms with Crippen LogP contribution in [-0.2, 0) is 29.2 Å². The van der Waals surface area contributed by atoms with E-state index in [9.17, 15) is 4.79 Å². The molecule has 0 aliphatic carbocycles. The summed E-state index contributed by atoms with van der Waals surface area (Å²) < 4.78 is 5.24. The van der Waals surface area contributed by atoms with Crippen LogP contribution in [0.15, 0.2) is 18.2 Å². The predicted octanol–water partition coefficient (Wildman–Crippen LogP) is 1.75. The normalized spacial score (nSPS) is 14.4. The Balaban J connectivity index is 0.00000180. The molecular formula is C14H21ClN2O2. The highest BCUT2D eigenvalue weighted by atomic mass is 35.5. The zero-order chi connectivity index (χ0) is 13.0. The molecule has 1 atom stereocenters. The molecule has 0 saturated heterocycles. The van der Waals surface area contributed by atoms with Crippen LogP contribution in [0.3, 0.4) is 0 Å². The molecule has 5 heteroatoms. The van der Waals surface area contributed by atoms with Crippen LogP contribution in [0.2, 0.25) is 0 Å². The molecule has 1 amide bonds. The number of rotatable bonds is 5. The standard InChI is InChI=1S/C14H20N2O2.ClH/c1-3-18-10(2)14(17)16-7-11-4-5-12-8-15-9-13(12)6-11;/h4-6,10,15H,3,7-9H2,1-2H3,(H,16,17);1H. The number of halogens is 1. The van der Waals surface area contributed by atoms with E-state index in [4.69, 9.17) is 4.74 Å². The number of ether oxygens (including phenoxy) is 1. The lowest BCUT2D eigenvalue weighted by atomic mass is 10.1. The number of hydrogen-bond acceptors (Lipinski definition) is 3. The summed E-state index contributed by atoms with van der Waals surface area (Å²) in [6.07, 6.45) is -0.383. The Morgan fingerprint density at radius 3 is 2.89 bits per heavy atom. The highest BCUT2D eigenvalue weighted by Gasteiger charge is 2.13. The molecule has 0 fully saturated rings. The molecule has 19 heavy (non-hydrogen) atoms. The fraction of sp³-hybridized carbons (Fsp3) is 0.500. The summed E-state index contributed by atoms with van der Waals surface area (Å²) in [6.45, 7) is 6.64. The Bertz CT molecular complexity index is 437. The molecule has 1 aromatic carbocycles. The zero-order valence-corrected chi connectivity index (χ0v) is 12.2. The molecule has 2 N–H and O–H groups in total. The Kier molecular flexibility index (Phi) is 6.28. The molecule has 1 unspecified atom stereocenters. The smallest absolute Gasteiger partial charge is 0.249 e. The van der Waals surface area contributed by atoms with Gasteiger partial charge in [0, 0.05) is 26.2 Å². The minimum atomic E-state index is -0.383. The summed E-state index contributed by atoms with van der Waals surface area (Å²) >= 11 is 0. The third-order valence-corrected chi connectivity index (χ3v) is 3.15. The summed E-state index contributed by atoms with van der Waals surface area (Å²) in [6, 6.07) is 6.35. The molecule has 0 spiro atoms. The number of carbonyl (C=O) groups excluding carboxylic acids is 1. The van der Waals surface area contributed by atoms with E-state index in [-0.39, 0.29) is 24.4 Å². The van der Waals surface area contributed by atoms with E-state index >= 15 is 0 Å². The third-order valence-electron chi connectivity index (χ3n) is 3.15. The first-order valence-corrected chi connectivity index (χ1v) is 6.41. The van der Waals surface area contributed by atoms with Gasteiger partial charge in [-0.1, -0.05) is 18.2 Å². The predicted molar refractivity (Wildman–Crippen MR) is 77.2 cm³/mol. The Morgan fingerprint density at radius 2 is 2.16 bits per heavy atom. The second kappa shape index (κ2) is 7.48. The number of amides is 1. The van der Waals surface area contributed by atoms with Crippen LogP contribution in [0.25, 0.3) is 0 Å². The second-order valence-electron chi connectivity index (χ2n) is 4.52.